The molecule has 0 N–H and O–H groups in total. The molecule has 1 aliphatic rings. The van der Waals surface area contributed by atoms with Crippen molar-refractivity contribution < 1.29 is 4.74 Å². The van der Waals surface area contributed by atoms with E-state index in [9.17, 15) is 0 Å². The highest BCUT2D eigenvalue weighted by atomic mass is 32.1. The van der Waals surface area contributed by atoms with Crippen LogP contribution in [0.5, 0.6) is 0 Å². The predicted octanol–water partition coefficient (Wildman–Crippen LogP) is 2.43. The van der Waals surface area contributed by atoms with Gasteiger partial charge in [-0.15, -0.1) is 11.3 Å². The quantitative estimate of drug-likeness (QED) is 0.742. The molecule has 0 spiro atoms. The Morgan fingerprint density at radius 3 is 3.23 bits per heavy atom. The van der Waals surface area contributed by atoms with E-state index in [4.69, 9.17) is 4.74 Å². The van der Waals surface area contributed by atoms with Crippen molar-refractivity contribution in [1.82, 2.24) is 4.98 Å². The molecule has 0 aromatic carbocycles. The molecule has 2 heterocycles. The number of nitrogens with zero attached hydrogens (tertiary/aromatic N) is 1. The molecule has 13 heavy (non-hydrogen) atoms. The predicted molar refractivity (Wildman–Crippen MR) is 54.2 cm³/mol. The van der Waals surface area contributed by atoms with Crippen LogP contribution in [0.25, 0.3) is 0 Å². The number of hydrogen-bond donors (Lipinski definition) is 0. The average molecular weight is 197 g/mol. The summed E-state index contributed by atoms with van der Waals surface area (Å²) in [5.41, 5.74) is 0. The van der Waals surface area contributed by atoms with Crippen LogP contribution in [0.2, 0.25) is 0 Å². The molecule has 1 atom stereocenters. The molecule has 0 amide bonds. The smallest absolute Gasteiger partial charge is 0.0953 e. The highest BCUT2D eigenvalue weighted by Crippen LogP contribution is 2.20. The molecule has 1 aliphatic heterocycles. The monoisotopic (exact) mass is 197 g/mol. The number of thiazole rings is 1. The van der Waals surface area contributed by atoms with E-state index in [0.29, 0.717) is 6.10 Å². The molecule has 1 fully saturated rings. The van der Waals surface area contributed by atoms with Gasteiger partial charge in [-0.3, -0.25) is 0 Å². The van der Waals surface area contributed by atoms with Crippen LogP contribution in [0.3, 0.4) is 0 Å². The van der Waals surface area contributed by atoms with Crippen LogP contribution in [-0.2, 0) is 17.6 Å². The second-order valence-corrected chi connectivity index (χ2v) is 4.61. The van der Waals surface area contributed by atoms with Crippen LogP contribution in [0.1, 0.15) is 29.7 Å². The fourth-order valence-electron chi connectivity index (χ4n) is 1.61. The van der Waals surface area contributed by atoms with E-state index in [1.807, 2.05) is 17.5 Å². The van der Waals surface area contributed by atoms with Crippen LogP contribution >= 0.6 is 11.3 Å². The van der Waals surface area contributed by atoms with Gasteiger partial charge in [0.25, 0.3) is 0 Å². The van der Waals surface area contributed by atoms with E-state index in [0.717, 1.165) is 19.4 Å². The van der Waals surface area contributed by atoms with Crippen molar-refractivity contribution in [3.05, 3.63) is 16.1 Å². The first kappa shape index (κ1) is 9.16. The minimum absolute atomic E-state index is 0.441. The van der Waals surface area contributed by atoms with Gasteiger partial charge in [-0.1, -0.05) is 6.92 Å². The Balaban J connectivity index is 1.92. The van der Waals surface area contributed by atoms with Gasteiger partial charge in [-0.05, 0) is 19.3 Å². The summed E-state index contributed by atoms with van der Waals surface area (Å²) in [5, 5.41) is 1.24. The fraction of sp³-hybridized carbons (Fsp3) is 0.700. The zero-order valence-electron chi connectivity index (χ0n) is 7.95. The lowest BCUT2D eigenvalue weighted by atomic mass is 10.2. The molecule has 1 saturated heterocycles. The van der Waals surface area contributed by atoms with Gasteiger partial charge in [-0.2, -0.15) is 0 Å². The molecule has 1 aromatic rings. The van der Waals surface area contributed by atoms with E-state index in [1.54, 1.807) is 0 Å². The molecule has 1 unspecified atom stereocenters. The first-order chi connectivity index (χ1) is 6.38. The molecule has 0 aliphatic carbocycles. The SMILES string of the molecule is CCc1cnc(CC2CCCO2)s1. The van der Waals surface area contributed by atoms with Crippen LogP contribution in [0, 0.1) is 0 Å². The third-order valence-corrected chi connectivity index (χ3v) is 3.54. The largest absolute Gasteiger partial charge is 0.378 e. The summed E-state index contributed by atoms with van der Waals surface area (Å²) in [4.78, 5) is 5.77. The van der Waals surface area contributed by atoms with Crippen molar-refractivity contribution in [3.63, 3.8) is 0 Å². The molecular weight excluding hydrogens is 182 g/mol. The third kappa shape index (κ3) is 2.29. The second kappa shape index (κ2) is 4.20. The highest BCUT2D eigenvalue weighted by Gasteiger charge is 2.17. The van der Waals surface area contributed by atoms with Gasteiger partial charge in [-0.25, -0.2) is 4.98 Å². The maximum absolute atomic E-state index is 5.57. The van der Waals surface area contributed by atoms with Crippen molar-refractivity contribution in [2.75, 3.05) is 6.61 Å². The zero-order chi connectivity index (χ0) is 9.10. The molecule has 72 valence electrons. The standard InChI is InChI=1S/C10H15NOS/c1-2-9-7-11-10(13-9)6-8-4-3-5-12-8/h7-8H,2-6H2,1H3. The molecule has 2 rings (SSSR count). The van der Waals surface area contributed by atoms with Gasteiger partial charge in [0.2, 0.25) is 0 Å². The second-order valence-electron chi connectivity index (χ2n) is 3.41. The first-order valence-corrected chi connectivity index (χ1v) is 5.75. The summed E-state index contributed by atoms with van der Waals surface area (Å²) in [7, 11) is 0. The number of aryl methyl sites for hydroxylation is 1. The van der Waals surface area contributed by atoms with E-state index in [2.05, 4.69) is 11.9 Å². The fourth-order valence-corrected chi connectivity index (χ4v) is 2.53. The van der Waals surface area contributed by atoms with Crippen molar-refractivity contribution in [3.8, 4) is 0 Å². The maximum atomic E-state index is 5.57. The number of aromatic nitrogens is 1. The number of rotatable bonds is 3. The summed E-state index contributed by atoms with van der Waals surface area (Å²) in [6.07, 6.45) is 6.98. The van der Waals surface area contributed by atoms with E-state index < -0.39 is 0 Å². The summed E-state index contributed by atoms with van der Waals surface area (Å²) < 4.78 is 5.57. The first-order valence-electron chi connectivity index (χ1n) is 4.93. The molecular formula is C10H15NOS. The summed E-state index contributed by atoms with van der Waals surface area (Å²) in [6, 6.07) is 0. The molecule has 2 nitrogen and oxygen atoms in total. The Kier molecular flexibility index (Phi) is 2.96. The summed E-state index contributed by atoms with van der Waals surface area (Å²) in [5.74, 6) is 0. The van der Waals surface area contributed by atoms with Gasteiger partial charge >= 0.3 is 0 Å². The third-order valence-electron chi connectivity index (χ3n) is 2.38. The van der Waals surface area contributed by atoms with Crippen LogP contribution in [-0.4, -0.2) is 17.7 Å². The lowest BCUT2D eigenvalue weighted by Crippen LogP contribution is -2.08. The minimum atomic E-state index is 0.441. The lowest BCUT2D eigenvalue weighted by molar-refractivity contribution is 0.111. The Bertz CT molecular complexity index is 266. The summed E-state index contributed by atoms with van der Waals surface area (Å²) >= 11 is 1.83. The lowest BCUT2D eigenvalue weighted by Gasteiger charge is -2.05. The van der Waals surface area contributed by atoms with Gasteiger partial charge in [0, 0.05) is 24.1 Å². The van der Waals surface area contributed by atoms with Crippen molar-refractivity contribution >= 4 is 11.3 Å². The van der Waals surface area contributed by atoms with Crippen molar-refractivity contribution in [1.29, 1.82) is 0 Å². The number of ether oxygens (including phenoxy) is 1. The minimum Gasteiger partial charge on any atom is -0.378 e. The Morgan fingerprint density at radius 1 is 1.69 bits per heavy atom. The van der Waals surface area contributed by atoms with E-state index >= 15 is 0 Å². The van der Waals surface area contributed by atoms with Crippen molar-refractivity contribution in [2.45, 2.75) is 38.7 Å². The highest BCUT2D eigenvalue weighted by molar-refractivity contribution is 7.11. The molecule has 0 bridgehead atoms. The summed E-state index contributed by atoms with van der Waals surface area (Å²) in [6.45, 7) is 3.11. The van der Waals surface area contributed by atoms with Gasteiger partial charge in [0.1, 0.15) is 0 Å². The Hall–Kier alpha value is -0.410. The van der Waals surface area contributed by atoms with E-state index in [1.165, 1.54) is 22.7 Å². The van der Waals surface area contributed by atoms with Gasteiger partial charge in [0.05, 0.1) is 11.1 Å². The van der Waals surface area contributed by atoms with Crippen molar-refractivity contribution in [2.24, 2.45) is 0 Å². The topological polar surface area (TPSA) is 22.1 Å². The number of hydrogen-bond acceptors (Lipinski definition) is 3. The van der Waals surface area contributed by atoms with Gasteiger partial charge < -0.3 is 4.74 Å². The average Bonchev–Trinajstić information content (AvgIpc) is 2.76. The molecule has 3 heteroatoms. The Labute approximate surface area is 83.0 Å². The van der Waals surface area contributed by atoms with Crippen LogP contribution < -0.4 is 0 Å². The zero-order valence-corrected chi connectivity index (χ0v) is 8.77. The van der Waals surface area contributed by atoms with Crippen LogP contribution in [0.15, 0.2) is 6.20 Å². The Morgan fingerprint density at radius 2 is 2.62 bits per heavy atom. The van der Waals surface area contributed by atoms with Crippen LogP contribution in [0.4, 0.5) is 0 Å². The molecule has 1 aromatic heterocycles. The van der Waals surface area contributed by atoms with E-state index in [-0.39, 0.29) is 0 Å². The van der Waals surface area contributed by atoms with Gasteiger partial charge in [0.15, 0.2) is 0 Å². The molecule has 0 saturated carbocycles. The molecule has 0 radical (unpaired) electrons. The maximum Gasteiger partial charge on any atom is 0.0953 e. The normalized spacial score (nSPS) is 22.4.